The van der Waals surface area contributed by atoms with Gasteiger partial charge in [-0.2, -0.15) is 11.8 Å². The minimum Gasteiger partial charge on any atom is -0.480 e. The van der Waals surface area contributed by atoms with E-state index >= 15 is 0 Å². The number of nitrogens with one attached hydrogen (secondary N) is 1. The van der Waals surface area contributed by atoms with Crippen LogP contribution in [0.1, 0.15) is 24.1 Å². The van der Waals surface area contributed by atoms with Crippen LogP contribution in [0.15, 0.2) is 23.0 Å². The summed E-state index contributed by atoms with van der Waals surface area (Å²) in [5.74, 6) is -0.632. The van der Waals surface area contributed by atoms with Gasteiger partial charge in [0.15, 0.2) is 0 Å². The zero-order valence-electron chi connectivity index (χ0n) is 15.1. The molecule has 1 atom stereocenters. The first-order valence-corrected chi connectivity index (χ1v) is 9.70. The van der Waals surface area contributed by atoms with Crippen molar-refractivity contribution >= 4 is 34.7 Å². The second-order valence-electron chi connectivity index (χ2n) is 6.12. The first-order chi connectivity index (χ1) is 12.3. The van der Waals surface area contributed by atoms with E-state index in [1.54, 1.807) is 30.3 Å². The molecule has 2 rings (SSSR count). The minimum atomic E-state index is -1.02. The molecule has 0 spiro atoms. The molecule has 2 N–H and O–H groups in total. The minimum absolute atomic E-state index is 0.130. The Bertz CT molecular complexity index is 879. The van der Waals surface area contributed by atoms with Gasteiger partial charge in [0.25, 0.3) is 5.56 Å². The second kappa shape index (κ2) is 8.84. The molecule has 140 valence electrons. The molecule has 1 heterocycles. The van der Waals surface area contributed by atoms with Crippen LogP contribution in [0.5, 0.6) is 0 Å². The van der Waals surface area contributed by atoms with Crippen molar-refractivity contribution in [1.29, 1.82) is 0 Å². The summed E-state index contributed by atoms with van der Waals surface area (Å²) in [7, 11) is 1.70. The van der Waals surface area contributed by atoms with E-state index in [-0.39, 0.29) is 17.9 Å². The molecule has 0 radical (unpaired) electrons. The van der Waals surface area contributed by atoms with Crippen molar-refractivity contribution in [1.82, 2.24) is 14.9 Å². The fraction of sp³-hybridized carbons (Fsp3) is 0.444. The van der Waals surface area contributed by atoms with Gasteiger partial charge in [0, 0.05) is 13.5 Å². The molecule has 7 nitrogen and oxygen atoms in total. The molecule has 8 heteroatoms. The zero-order chi connectivity index (χ0) is 19.3. The quantitative estimate of drug-likeness (QED) is 0.723. The van der Waals surface area contributed by atoms with Crippen LogP contribution in [0.25, 0.3) is 11.0 Å². The Kier molecular flexibility index (Phi) is 6.79. The van der Waals surface area contributed by atoms with Crippen molar-refractivity contribution in [2.45, 2.75) is 32.2 Å². The zero-order valence-corrected chi connectivity index (χ0v) is 15.9. The fourth-order valence-corrected chi connectivity index (χ4v) is 3.17. The average molecular weight is 377 g/mol. The van der Waals surface area contributed by atoms with E-state index < -0.39 is 12.0 Å². The molecule has 0 unspecified atom stereocenters. The van der Waals surface area contributed by atoms with Gasteiger partial charge in [0.1, 0.15) is 11.7 Å². The van der Waals surface area contributed by atoms with Crippen LogP contribution in [0.4, 0.5) is 0 Å². The van der Waals surface area contributed by atoms with E-state index in [0.29, 0.717) is 29.8 Å². The molecule has 0 aliphatic carbocycles. The summed E-state index contributed by atoms with van der Waals surface area (Å²) in [6, 6.07) is 4.67. The van der Waals surface area contributed by atoms with Crippen LogP contribution in [-0.2, 0) is 23.1 Å². The second-order valence-corrected chi connectivity index (χ2v) is 7.11. The topological polar surface area (TPSA) is 101 Å². The number of hydrogen-bond acceptors (Lipinski definition) is 5. The number of carbonyl (C=O) groups excluding carboxylic acids is 1. The van der Waals surface area contributed by atoms with E-state index in [4.69, 9.17) is 5.11 Å². The normalized spacial score (nSPS) is 12.1. The lowest BCUT2D eigenvalue weighted by atomic mass is 10.1. The fourth-order valence-electron chi connectivity index (χ4n) is 2.70. The average Bonchev–Trinajstić information content (AvgIpc) is 2.61. The number of nitrogens with zero attached hydrogens (tertiary/aromatic N) is 2. The van der Waals surface area contributed by atoms with Crippen LogP contribution >= 0.6 is 11.8 Å². The number of aromatic nitrogens is 2. The number of fused-ring (bicyclic) bond motifs is 1. The van der Waals surface area contributed by atoms with Gasteiger partial charge in [-0.1, -0.05) is 6.07 Å². The number of amides is 1. The number of thioether (sulfide) groups is 1. The number of carbonyl (C=O) groups is 2. The van der Waals surface area contributed by atoms with Crippen molar-refractivity contribution < 1.29 is 14.7 Å². The Morgan fingerprint density at radius 3 is 2.77 bits per heavy atom. The summed E-state index contributed by atoms with van der Waals surface area (Å²) in [4.78, 5) is 39.5. The maximum Gasteiger partial charge on any atom is 0.326 e. The highest BCUT2D eigenvalue weighted by molar-refractivity contribution is 7.98. The molecule has 0 saturated carbocycles. The maximum absolute atomic E-state index is 12.1. The molecule has 0 aliphatic rings. The Balaban J connectivity index is 2.04. The summed E-state index contributed by atoms with van der Waals surface area (Å²) >= 11 is 1.54. The van der Waals surface area contributed by atoms with Gasteiger partial charge in [-0.15, -0.1) is 0 Å². The first kappa shape index (κ1) is 20.0. The highest BCUT2D eigenvalue weighted by Gasteiger charge is 2.19. The van der Waals surface area contributed by atoms with Gasteiger partial charge in [-0.3, -0.25) is 9.59 Å². The van der Waals surface area contributed by atoms with Crippen LogP contribution < -0.4 is 10.9 Å². The molecule has 0 saturated heterocycles. The molecule has 0 fully saturated rings. The largest absolute Gasteiger partial charge is 0.480 e. The molecule has 26 heavy (non-hydrogen) atoms. The smallest absolute Gasteiger partial charge is 0.326 e. The Morgan fingerprint density at radius 1 is 1.38 bits per heavy atom. The van der Waals surface area contributed by atoms with Gasteiger partial charge >= 0.3 is 5.97 Å². The summed E-state index contributed by atoms with van der Waals surface area (Å²) in [5.41, 5.74) is 2.64. The molecule has 1 aromatic heterocycles. The van der Waals surface area contributed by atoms with Crippen molar-refractivity contribution in [3.05, 3.63) is 39.8 Å². The van der Waals surface area contributed by atoms with Crippen molar-refractivity contribution in [2.75, 3.05) is 12.0 Å². The van der Waals surface area contributed by atoms with Gasteiger partial charge < -0.3 is 15.0 Å². The maximum atomic E-state index is 12.1. The lowest BCUT2D eigenvalue weighted by molar-refractivity contribution is -0.141. The third kappa shape index (κ3) is 4.85. The van der Waals surface area contributed by atoms with Crippen LogP contribution in [0, 0.1) is 6.92 Å². The SMILES string of the molecule is CSCC[C@@H](NC(=O)CCc1ccc2c(c1)nc(C)c(=O)n2C)C(=O)O. The molecular weight excluding hydrogens is 354 g/mol. The summed E-state index contributed by atoms with van der Waals surface area (Å²) in [6.07, 6.45) is 2.96. The van der Waals surface area contributed by atoms with Crippen LogP contribution in [0.2, 0.25) is 0 Å². The third-order valence-electron chi connectivity index (χ3n) is 4.19. The summed E-state index contributed by atoms with van der Waals surface area (Å²) in [6.45, 7) is 1.67. The number of aryl methyl sites for hydroxylation is 3. The number of carboxylic acids is 1. The first-order valence-electron chi connectivity index (χ1n) is 8.31. The monoisotopic (exact) mass is 377 g/mol. The molecular formula is C18H23N3O4S. The number of hydrogen-bond donors (Lipinski definition) is 2. The molecule has 1 amide bonds. The van der Waals surface area contributed by atoms with Crippen molar-refractivity contribution in [3.8, 4) is 0 Å². The Hall–Kier alpha value is -2.35. The highest BCUT2D eigenvalue weighted by Crippen LogP contribution is 2.14. The summed E-state index contributed by atoms with van der Waals surface area (Å²) in [5, 5.41) is 11.7. The van der Waals surface area contributed by atoms with E-state index in [1.807, 2.05) is 24.5 Å². The Labute approximate surface area is 155 Å². The van der Waals surface area contributed by atoms with Gasteiger partial charge in [0.05, 0.1) is 11.0 Å². The summed E-state index contributed by atoms with van der Waals surface area (Å²) < 4.78 is 1.55. The van der Waals surface area contributed by atoms with E-state index in [1.165, 1.54) is 0 Å². The molecule has 1 aromatic carbocycles. The Morgan fingerprint density at radius 2 is 2.12 bits per heavy atom. The predicted molar refractivity (Wildman–Crippen MR) is 103 cm³/mol. The number of carboxylic acid groups (broad SMARTS) is 1. The van der Waals surface area contributed by atoms with Gasteiger partial charge in [-0.05, 0) is 49.5 Å². The number of aliphatic carboxylic acids is 1. The molecule has 0 aliphatic heterocycles. The molecule has 0 bridgehead atoms. The number of benzene rings is 1. The van der Waals surface area contributed by atoms with E-state index in [9.17, 15) is 14.4 Å². The highest BCUT2D eigenvalue weighted by atomic mass is 32.2. The van der Waals surface area contributed by atoms with Crippen LogP contribution in [0.3, 0.4) is 0 Å². The lowest BCUT2D eigenvalue weighted by Crippen LogP contribution is -2.41. The number of rotatable bonds is 8. The predicted octanol–water partition coefficient (Wildman–Crippen LogP) is 1.50. The third-order valence-corrected chi connectivity index (χ3v) is 4.83. The standard InChI is InChI=1S/C18H23N3O4S/c1-11-17(23)21(2)15-6-4-12(10-14(15)19-11)5-7-16(22)20-13(18(24)25)8-9-26-3/h4,6,10,13H,5,7-9H2,1-3H3,(H,20,22)(H,24,25)/t13-/m1/s1. The van der Waals surface area contributed by atoms with Crippen molar-refractivity contribution in [2.24, 2.45) is 7.05 Å². The van der Waals surface area contributed by atoms with Gasteiger partial charge in [-0.25, -0.2) is 9.78 Å². The van der Waals surface area contributed by atoms with Crippen LogP contribution in [-0.4, -0.2) is 44.6 Å². The van der Waals surface area contributed by atoms with E-state index in [0.717, 1.165) is 11.1 Å². The van der Waals surface area contributed by atoms with E-state index in [2.05, 4.69) is 10.3 Å². The lowest BCUT2D eigenvalue weighted by Gasteiger charge is -2.14. The van der Waals surface area contributed by atoms with Crippen molar-refractivity contribution in [3.63, 3.8) is 0 Å². The molecule has 2 aromatic rings. The van der Waals surface area contributed by atoms with Gasteiger partial charge in [0.2, 0.25) is 5.91 Å².